The summed E-state index contributed by atoms with van der Waals surface area (Å²) < 4.78 is 0. The second-order valence-corrected chi connectivity index (χ2v) is 6.89. The predicted octanol–water partition coefficient (Wildman–Crippen LogP) is 2.57. The molecule has 2 N–H and O–H groups in total. The molecule has 2 aliphatic rings. The van der Waals surface area contributed by atoms with Gasteiger partial charge in [-0.2, -0.15) is 0 Å². The fourth-order valence-electron chi connectivity index (χ4n) is 4.24. The molecular weight excluding hydrogens is 278 g/mol. The summed E-state index contributed by atoms with van der Waals surface area (Å²) in [6.07, 6.45) is 4.63. The number of benzene rings is 1. The molecule has 2 fully saturated rings. The number of rotatable bonds is 4. The van der Waals surface area contributed by atoms with Crippen LogP contribution in [0.15, 0.2) is 24.3 Å². The molecule has 2 unspecified atom stereocenters. The standard InChI is InChI=1S/C18H25NO3/c1-19-11-10-13(12-19)15-8-4-5-9-16(15)18(22,17(20)21)14-6-2-3-7-14/h4-5,8-9,13-14,22H,2-3,6-7,10-12H2,1H3,(H,20,21). The molecule has 1 saturated heterocycles. The number of carbonyl (C=O) groups is 1. The van der Waals surface area contributed by atoms with Gasteiger partial charge >= 0.3 is 5.97 Å². The summed E-state index contributed by atoms with van der Waals surface area (Å²) in [5, 5.41) is 21.0. The molecule has 1 aromatic carbocycles. The predicted molar refractivity (Wildman–Crippen MR) is 84.8 cm³/mol. The summed E-state index contributed by atoms with van der Waals surface area (Å²) in [4.78, 5) is 14.2. The maximum absolute atomic E-state index is 12.0. The first-order valence-corrected chi connectivity index (χ1v) is 8.27. The van der Waals surface area contributed by atoms with Crippen molar-refractivity contribution in [2.24, 2.45) is 5.92 Å². The average molecular weight is 303 g/mol. The van der Waals surface area contributed by atoms with Crippen molar-refractivity contribution in [1.29, 1.82) is 0 Å². The van der Waals surface area contributed by atoms with E-state index in [0.29, 0.717) is 11.5 Å². The summed E-state index contributed by atoms with van der Waals surface area (Å²) >= 11 is 0. The van der Waals surface area contributed by atoms with Crippen LogP contribution in [0.2, 0.25) is 0 Å². The number of hydrogen-bond donors (Lipinski definition) is 2. The van der Waals surface area contributed by atoms with Gasteiger partial charge in [-0.3, -0.25) is 0 Å². The molecule has 120 valence electrons. The van der Waals surface area contributed by atoms with Crippen LogP contribution in [-0.4, -0.2) is 41.2 Å². The Morgan fingerprint density at radius 2 is 1.91 bits per heavy atom. The minimum absolute atomic E-state index is 0.176. The molecule has 0 bridgehead atoms. The van der Waals surface area contributed by atoms with Crippen molar-refractivity contribution in [2.45, 2.75) is 43.6 Å². The average Bonchev–Trinajstić information content (AvgIpc) is 3.17. The number of aliphatic carboxylic acids is 1. The summed E-state index contributed by atoms with van der Waals surface area (Å²) in [5.41, 5.74) is -0.104. The van der Waals surface area contributed by atoms with Gasteiger partial charge in [-0.15, -0.1) is 0 Å². The van der Waals surface area contributed by atoms with E-state index in [4.69, 9.17) is 0 Å². The lowest BCUT2D eigenvalue weighted by molar-refractivity contribution is -0.166. The van der Waals surface area contributed by atoms with E-state index in [9.17, 15) is 15.0 Å². The van der Waals surface area contributed by atoms with Crippen LogP contribution in [0.4, 0.5) is 0 Å². The zero-order valence-corrected chi connectivity index (χ0v) is 13.2. The number of carboxylic acid groups (broad SMARTS) is 1. The van der Waals surface area contributed by atoms with Gasteiger partial charge in [-0.1, -0.05) is 37.1 Å². The third kappa shape index (κ3) is 2.55. The number of likely N-dealkylation sites (tertiary alicyclic amines) is 1. The molecule has 1 saturated carbocycles. The zero-order valence-electron chi connectivity index (χ0n) is 13.2. The Morgan fingerprint density at radius 1 is 1.23 bits per heavy atom. The van der Waals surface area contributed by atoms with Crippen LogP contribution >= 0.6 is 0 Å². The van der Waals surface area contributed by atoms with Crippen LogP contribution in [0.3, 0.4) is 0 Å². The lowest BCUT2D eigenvalue weighted by atomic mass is 9.76. The van der Waals surface area contributed by atoms with E-state index in [-0.39, 0.29) is 5.92 Å². The molecule has 1 aliphatic carbocycles. The molecule has 3 rings (SSSR count). The van der Waals surface area contributed by atoms with Gasteiger partial charge < -0.3 is 15.1 Å². The van der Waals surface area contributed by atoms with Gasteiger partial charge in [0, 0.05) is 12.5 Å². The molecule has 22 heavy (non-hydrogen) atoms. The number of likely N-dealkylation sites (N-methyl/N-ethyl adjacent to an activating group) is 1. The van der Waals surface area contributed by atoms with Gasteiger partial charge in [0.1, 0.15) is 0 Å². The molecular formula is C18H25NO3. The Labute approximate surface area is 131 Å². The van der Waals surface area contributed by atoms with E-state index in [2.05, 4.69) is 11.9 Å². The van der Waals surface area contributed by atoms with Crippen LogP contribution in [0.25, 0.3) is 0 Å². The van der Waals surface area contributed by atoms with E-state index in [1.165, 1.54) is 0 Å². The van der Waals surface area contributed by atoms with Gasteiger partial charge in [0.15, 0.2) is 5.60 Å². The van der Waals surface area contributed by atoms with E-state index in [1.54, 1.807) is 0 Å². The van der Waals surface area contributed by atoms with Crippen molar-refractivity contribution in [3.05, 3.63) is 35.4 Å². The molecule has 0 radical (unpaired) electrons. The quantitative estimate of drug-likeness (QED) is 0.897. The number of aliphatic hydroxyl groups is 1. The molecule has 0 spiro atoms. The van der Waals surface area contributed by atoms with Crippen LogP contribution in [0, 0.1) is 5.92 Å². The minimum Gasteiger partial charge on any atom is -0.479 e. The Bertz CT molecular complexity index is 553. The summed E-state index contributed by atoms with van der Waals surface area (Å²) in [5.74, 6) is -0.961. The lowest BCUT2D eigenvalue weighted by Crippen LogP contribution is -2.43. The highest BCUT2D eigenvalue weighted by Crippen LogP contribution is 2.44. The summed E-state index contributed by atoms with van der Waals surface area (Å²) in [7, 11) is 2.09. The van der Waals surface area contributed by atoms with Gasteiger partial charge in [0.25, 0.3) is 0 Å². The SMILES string of the molecule is CN1CCC(c2ccccc2C(O)(C(=O)O)C2CCCC2)C1. The normalized spacial score (nSPS) is 26.2. The summed E-state index contributed by atoms with van der Waals surface area (Å²) in [6, 6.07) is 7.62. The van der Waals surface area contributed by atoms with Crippen molar-refractivity contribution in [2.75, 3.05) is 20.1 Å². The Morgan fingerprint density at radius 3 is 2.50 bits per heavy atom. The third-order valence-electron chi connectivity index (χ3n) is 5.47. The van der Waals surface area contributed by atoms with Crippen molar-refractivity contribution in [1.82, 2.24) is 4.90 Å². The van der Waals surface area contributed by atoms with Gasteiger partial charge in [0.2, 0.25) is 0 Å². The summed E-state index contributed by atoms with van der Waals surface area (Å²) in [6.45, 7) is 1.95. The third-order valence-corrected chi connectivity index (χ3v) is 5.47. The lowest BCUT2D eigenvalue weighted by Gasteiger charge is -2.33. The largest absolute Gasteiger partial charge is 0.479 e. The number of carboxylic acids is 1. The Kier molecular flexibility index (Phi) is 4.24. The second kappa shape index (κ2) is 6.01. The molecule has 1 aliphatic heterocycles. The molecule has 4 nitrogen and oxygen atoms in total. The van der Waals surface area contributed by atoms with E-state index < -0.39 is 11.6 Å². The fourth-order valence-corrected chi connectivity index (χ4v) is 4.24. The second-order valence-electron chi connectivity index (χ2n) is 6.89. The first kappa shape index (κ1) is 15.5. The Hall–Kier alpha value is -1.39. The minimum atomic E-state index is -1.74. The maximum Gasteiger partial charge on any atom is 0.340 e. The van der Waals surface area contributed by atoms with E-state index in [0.717, 1.165) is 50.8 Å². The highest BCUT2D eigenvalue weighted by atomic mass is 16.4. The fraction of sp³-hybridized carbons (Fsp3) is 0.611. The molecule has 2 atom stereocenters. The van der Waals surface area contributed by atoms with Crippen molar-refractivity contribution in [3.63, 3.8) is 0 Å². The molecule has 4 heteroatoms. The molecule has 0 aromatic heterocycles. The van der Waals surface area contributed by atoms with Crippen molar-refractivity contribution in [3.8, 4) is 0 Å². The van der Waals surface area contributed by atoms with Crippen LogP contribution in [-0.2, 0) is 10.4 Å². The Balaban J connectivity index is 2.03. The van der Waals surface area contributed by atoms with Crippen LogP contribution < -0.4 is 0 Å². The van der Waals surface area contributed by atoms with E-state index in [1.807, 2.05) is 24.3 Å². The van der Waals surface area contributed by atoms with Gasteiger partial charge in [0.05, 0.1) is 0 Å². The van der Waals surface area contributed by atoms with Gasteiger partial charge in [-0.25, -0.2) is 4.79 Å². The topological polar surface area (TPSA) is 60.8 Å². The maximum atomic E-state index is 12.0. The van der Waals surface area contributed by atoms with Crippen LogP contribution in [0.1, 0.15) is 49.1 Å². The first-order chi connectivity index (χ1) is 10.5. The molecule has 0 amide bonds. The highest BCUT2D eigenvalue weighted by Gasteiger charge is 2.48. The van der Waals surface area contributed by atoms with Crippen molar-refractivity contribution < 1.29 is 15.0 Å². The first-order valence-electron chi connectivity index (χ1n) is 8.27. The van der Waals surface area contributed by atoms with Crippen molar-refractivity contribution >= 4 is 5.97 Å². The smallest absolute Gasteiger partial charge is 0.340 e. The van der Waals surface area contributed by atoms with Gasteiger partial charge in [-0.05, 0) is 49.9 Å². The molecule has 1 heterocycles. The number of nitrogens with zero attached hydrogens (tertiary/aromatic N) is 1. The zero-order chi connectivity index (χ0) is 15.7. The number of hydrogen-bond acceptors (Lipinski definition) is 3. The van der Waals surface area contributed by atoms with E-state index >= 15 is 0 Å². The van der Waals surface area contributed by atoms with Crippen LogP contribution in [0.5, 0.6) is 0 Å². The molecule has 1 aromatic rings. The monoisotopic (exact) mass is 303 g/mol. The highest BCUT2D eigenvalue weighted by molar-refractivity contribution is 5.80.